The summed E-state index contributed by atoms with van der Waals surface area (Å²) in [5.74, 6) is -0.249. The Morgan fingerprint density at radius 1 is 1.25 bits per heavy atom. The highest BCUT2D eigenvalue weighted by molar-refractivity contribution is 6.30. The number of Topliss-reactive ketones (excluding diaryl/α,β-unsaturated/α-hetero) is 1. The number of nitriles is 1. The van der Waals surface area contributed by atoms with Crippen molar-refractivity contribution in [3.8, 4) is 6.07 Å². The predicted octanol–water partition coefficient (Wildman–Crippen LogP) is 4.56. The highest BCUT2D eigenvalue weighted by atomic mass is 35.5. The van der Waals surface area contributed by atoms with Gasteiger partial charge < -0.3 is 4.90 Å². The Labute approximate surface area is 167 Å². The van der Waals surface area contributed by atoms with Crippen molar-refractivity contribution >= 4 is 28.8 Å². The van der Waals surface area contributed by atoms with Crippen LogP contribution in [0.15, 0.2) is 42.5 Å². The van der Waals surface area contributed by atoms with Crippen LogP contribution in [0.2, 0.25) is 5.02 Å². The van der Waals surface area contributed by atoms with Gasteiger partial charge in [0.25, 0.3) is 5.69 Å². The summed E-state index contributed by atoms with van der Waals surface area (Å²) >= 11 is 5.95. The van der Waals surface area contributed by atoms with Crippen molar-refractivity contribution in [1.82, 2.24) is 0 Å². The molecule has 1 fully saturated rings. The van der Waals surface area contributed by atoms with Gasteiger partial charge in [0.1, 0.15) is 5.41 Å². The zero-order valence-electron chi connectivity index (χ0n) is 15.1. The third kappa shape index (κ3) is 2.83. The van der Waals surface area contributed by atoms with Crippen LogP contribution in [-0.4, -0.2) is 23.3 Å². The number of fused-ring (bicyclic) bond motifs is 3. The number of benzene rings is 2. The number of anilines is 1. The Balaban J connectivity index is 1.85. The fourth-order valence-electron chi connectivity index (χ4n) is 4.51. The van der Waals surface area contributed by atoms with Crippen LogP contribution in [0.4, 0.5) is 11.4 Å². The number of nitro benzene ring substituents is 1. The first-order valence-corrected chi connectivity index (χ1v) is 9.59. The topological polar surface area (TPSA) is 87.2 Å². The van der Waals surface area contributed by atoms with E-state index in [-0.39, 0.29) is 23.9 Å². The van der Waals surface area contributed by atoms with Crippen molar-refractivity contribution < 1.29 is 9.72 Å². The third-order valence-corrected chi connectivity index (χ3v) is 6.09. The molecule has 1 saturated heterocycles. The number of carbonyl (C=O) groups is 1. The van der Waals surface area contributed by atoms with Gasteiger partial charge in [-0.3, -0.25) is 14.9 Å². The molecular formula is C21H18ClN3O3. The zero-order chi connectivity index (χ0) is 19.9. The summed E-state index contributed by atoms with van der Waals surface area (Å²) in [4.78, 5) is 26.4. The highest BCUT2D eigenvalue weighted by Crippen LogP contribution is 2.47. The normalized spacial score (nSPS) is 23.3. The van der Waals surface area contributed by atoms with E-state index in [9.17, 15) is 20.2 Å². The van der Waals surface area contributed by atoms with E-state index >= 15 is 0 Å². The lowest BCUT2D eigenvalue weighted by Gasteiger charge is -2.49. The second-order valence-electron chi connectivity index (χ2n) is 7.37. The minimum Gasteiger partial charge on any atom is -0.366 e. The number of nitro groups is 1. The second-order valence-corrected chi connectivity index (χ2v) is 7.81. The van der Waals surface area contributed by atoms with E-state index in [2.05, 4.69) is 11.0 Å². The Hall–Kier alpha value is -2.91. The van der Waals surface area contributed by atoms with E-state index in [0.717, 1.165) is 31.5 Å². The van der Waals surface area contributed by atoms with Crippen LogP contribution in [-0.2, 0) is 6.42 Å². The molecule has 2 aromatic carbocycles. The molecule has 2 aliphatic rings. The highest BCUT2D eigenvalue weighted by Gasteiger charge is 2.53. The smallest absolute Gasteiger partial charge is 0.269 e. The number of non-ortho nitro benzene ring substituents is 1. The molecule has 28 heavy (non-hydrogen) atoms. The summed E-state index contributed by atoms with van der Waals surface area (Å²) in [7, 11) is 0. The summed E-state index contributed by atoms with van der Waals surface area (Å²) in [6.45, 7) is 0.729. The minimum atomic E-state index is -1.28. The van der Waals surface area contributed by atoms with Crippen LogP contribution in [0.3, 0.4) is 0 Å². The molecule has 0 radical (unpaired) electrons. The molecule has 2 heterocycles. The monoisotopic (exact) mass is 395 g/mol. The number of rotatable bonds is 3. The van der Waals surface area contributed by atoms with Gasteiger partial charge >= 0.3 is 0 Å². The molecule has 0 amide bonds. The maximum absolute atomic E-state index is 13.5. The van der Waals surface area contributed by atoms with Crippen LogP contribution < -0.4 is 4.90 Å². The lowest BCUT2D eigenvalue weighted by Crippen LogP contribution is -2.57. The standard InChI is InChI=1S/C21H18ClN3O3/c22-16-6-4-14(5-7-16)20(26)21(13-23)12-15-11-17(25(27)28)8-9-18(15)24-10-2-1-3-19(21)24/h4-9,11,19H,1-3,10,12H2/t19-,21-/m0/s1. The largest absolute Gasteiger partial charge is 0.366 e. The lowest BCUT2D eigenvalue weighted by molar-refractivity contribution is -0.384. The van der Waals surface area contributed by atoms with Crippen LogP contribution in [0.25, 0.3) is 0 Å². The van der Waals surface area contributed by atoms with Gasteiger partial charge in [-0.05, 0) is 55.2 Å². The third-order valence-electron chi connectivity index (χ3n) is 5.84. The molecule has 0 saturated carbocycles. The Morgan fingerprint density at radius 3 is 2.68 bits per heavy atom. The molecule has 2 aromatic rings. The van der Waals surface area contributed by atoms with Crippen molar-refractivity contribution in [2.75, 3.05) is 11.4 Å². The maximum atomic E-state index is 13.5. The van der Waals surface area contributed by atoms with Crippen LogP contribution in [0, 0.1) is 26.9 Å². The van der Waals surface area contributed by atoms with E-state index < -0.39 is 10.3 Å². The predicted molar refractivity (Wildman–Crippen MR) is 106 cm³/mol. The molecule has 0 bridgehead atoms. The van der Waals surface area contributed by atoms with Gasteiger partial charge in [-0.15, -0.1) is 0 Å². The van der Waals surface area contributed by atoms with E-state index in [1.807, 2.05) is 0 Å². The number of nitrogens with zero attached hydrogens (tertiary/aromatic N) is 3. The van der Waals surface area contributed by atoms with Crippen molar-refractivity contribution in [2.24, 2.45) is 5.41 Å². The first kappa shape index (κ1) is 18.5. The van der Waals surface area contributed by atoms with Crippen LogP contribution >= 0.6 is 11.6 Å². The minimum absolute atomic E-state index is 0.0278. The van der Waals surface area contributed by atoms with Crippen molar-refractivity contribution in [2.45, 2.75) is 31.7 Å². The summed E-state index contributed by atoms with van der Waals surface area (Å²) < 4.78 is 0. The number of carbonyl (C=O) groups excluding carboxylic acids is 1. The van der Waals surface area contributed by atoms with E-state index in [1.165, 1.54) is 12.1 Å². The van der Waals surface area contributed by atoms with Gasteiger partial charge in [-0.25, -0.2) is 0 Å². The number of piperidine rings is 1. The molecule has 0 N–H and O–H groups in total. The van der Waals surface area contributed by atoms with Gasteiger partial charge in [-0.2, -0.15) is 5.26 Å². The number of hydrogen-bond donors (Lipinski definition) is 0. The van der Waals surface area contributed by atoms with E-state index in [1.54, 1.807) is 30.3 Å². The SMILES string of the molecule is N#C[C@@]1(C(=O)c2ccc(Cl)cc2)Cc2cc([N+](=O)[O-])ccc2N2CCCC[C@H]21. The molecular weight excluding hydrogens is 378 g/mol. The molecule has 0 aliphatic carbocycles. The summed E-state index contributed by atoms with van der Waals surface area (Å²) in [5.41, 5.74) is 0.697. The average Bonchev–Trinajstić information content (AvgIpc) is 2.72. The number of ketones is 1. The fourth-order valence-corrected chi connectivity index (χ4v) is 4.64. The molecule has 2 atom stereocenters. The van der Waals surface area contributed by atoms with Crippen LogP contribution in [0.5, 0.6) is 0 Å². The Kier molecular flexibility index (Phi) is 4.56. The van der Waals surface area contributed by atoms with Gasteiger partial charge in [-0.1, -0.05) is 11.6 Å². The molecule has 6 nitrogen and oxygen atoms in total. The number of halogens is 1. The Morgan fingerprint density at radius 2 is 2.00 bits per heavy atom. The summed E-state index contributed by atoms with van der Waals surface area (Å²) in [6.07, 6.45) is 2.82. The molecule has 2 aliphatic heterocycles. The van der Waals surface area contributed by atoms with Gasteiger partial charge in [0.2, 0.25) is 0 Å². The molecule has 7 heteroatoms. The molecule has 0 aromatic heterocycles. The van der Waals surface area contributed by atoms with Gasteiger partial charge in [0.05, 0.1) is 17.0 Å². The lowest BCUT2D eigenvalue weighted by atomic mass is 9.65. The molecule has 4 rings (SSSR count). The maximum Gasteiger partial charge on any atom is 0.269 e. The first-order chi connectivity index (χ1) is 13.5. The van der Waals surface area contributed by atoms with Crippen molar-refractivity contribution in [1.29, 1.82) is 5.26 Å². The molecule has 142 valence electrons. The van der Waals surface area contributed by atoms with Gasteiger partial charge in [0.15, 0.2) is 5.78 Å². The van der Waals surface area contributed by atoms with E-state index in [4.69, 9.17) is 11.6 Å². The number of hydrogen-bond acceptors (Lipinski definition) is 5. The van der Waals surface area contributed by atoms with Crippen molar-refractivity contribution in [3.05, 3.63) is 68.7 Å². The summed E-state index contributed by atoms with van der Waals surface area (Å²) in [5, 5.41) is 22.0. The summed E-state index contributed by atoms with van der Waals surface area (Å²) in [6, 6.07) is 13.4. The second kappa shape index (κ2) is 6.92. The van der Waals surface area contributed by atoms with Crippen LogP contribution in [0.1, 0.15) is 35.2 Å². The fraction of sp³-hybridized carbons (Fsp3) is 0.333. The Bertz CT molecular complexity index is 999. The van der Waals surface area contributed by atoms with E-state index in [0.29, 0.717) is 16.1 Å². The van der Waals surface area contributed by atoms with Gasteiger partial charge in [0, 0.05) is 41.4 Å². The first-order valence-electron chi connectivity index (χ1n) is 9.22. The molecule has 0 unspecified atom stereocenters. The quantitative estimate of drug-likeness (QED) is 0.432. The zero-order valence-corrected chi connectivity index (χ0v) is 15.9. The van der Waals surface area contributed by atoms with Crippen molar-refractivity contribution in [3.63, 3.8) is 0 Å². The average molecular weight is 396 g/mol. The molecule has 0 spiro atoms.